The zero-order chi connectivity index (χ0) is 27.7. The highest BCUT2D eigenvalue weighted by Crippen LogP contribution is 2.32. The van der Waals surface area contributed by atoms with Gasteiger partial charge >= 0.3 is 0 Å². The van der Waals surface area contributed by atoms with Crippen LogP contribution >= 0.6 is 0 Å². The van der Waals surface area contributed by atoms with Crippen LogP contribution < -0.4 is 19.1 Å². The minimum absolute atomic E-state index is 0.0230. The fourth-order valence-corrected chi connectivity index (χ4v) is 5.39. The molecule has 1 unspecified atom stereocenters. The number of sulfonamides is 1. The van der Waals surface area contributed by atoms with Crippen molar-refractivity contribution in [3.8, 4) is 11.5 Å². The maximum atomic E-state index is 13.9. The molecule has 10 heteroatoms. The Balaban J connectivity index is 2.06. The maximum Gasteiger partial charge on any atom is 0.264 e. The second-order valence-corrected chi connectivity index (χ2v) is 10.3. The van der Waals surface area contributed by atoms with Crippen LogP contribution in [0, 0.1) is 0 Å². The summed E-state index contributed by atoms with van der Waals surface area (Å²) in [6, 6.07) is 20.7. The number of hydrogen-bond acceptors (Lipinski definition) is 6. The number of ether oxygens (including phenoxy) is 2. The van der Waals surface area contributed by atoms with Gasteiger partial charge in [0.25, 0.3) is 10.0 Å². The minimum Gasteiger partial charge on any atom is -0.497 e. The fraction of sp³-hybridized carbons (Fsp3) is 0.286. The molecular weight excluding hydrogens is 506 g/mol. The Hall–Kier alpha value is -4.05. The lowest BCUT2D eigenvalue weighted by Crippen LogP contribution is -2.51. The second kappa shape index (κ2) is 13.0. The van der Waals surface area contributed by atoms with E-state index in [9.17, 15) is 18.0 Å². The van der Waals surface area contributed by atoms with Gasteiger partial charge in [-0.1, -0.05) is 42.5 Å². The van der Waals surface area contributed by atoms with Crippen LogP contribution in [0.2, 0.25) is 0 Å². The molecule has 0 aromatic heterocycles. The molecule has 3 aromatic carbocycles. The number of nitrogens with one attached hydrogen (secondary N) is 1. The van der Waals surface area contributed by atoms with Gasteiger partial charge in [-0.2, -0.15) is 0 Å². The Morgan fingerprint density at radius 2 is 1.61 bits per heavy atom. The summed E-state index contributed by atoms with van der Waals surface area (Å²) in [5, 5.41) is 2.74. The first-order chi connectivity index (χ1) is 18.2. The van der Waals surface area contributed by atoms with E-state index in [0.717, 1.165) is 9.87 Å². The summed E-state index contributed by atoms with van der Waals surface area (Å²) in [7, 11) is -1.20. The van der Waals surface area contributed by atoms with Crippen molar-refractivity contribution in [3.63, 3.8) is 0 Å². The van der Waals surface area contributed by atoms with Gasteiger partial charge < -0.3 is 19.7 Å². The lowest BCUT2D eigenvalue weighted by molar-refractivity contribution is -0.139. The van der Waals surface area contributed by atoms with Crippen molar-refractivity contribution in [1.82, 2.24) is 10.2 Å². The molecule has 0 spiro atoms. The summed E-state index contributed by atoms with van der Waals surface area (Å²) in [6.07, 6.45) is 0. The molecule has 2 amide bonds. The highest BCUT2D eigenvalue weighted by atomic mass is 32.2. The average molecular weight is 540 g/mol. The van der Waals surface area contributed by atoms with Gasteiger partial charge in [-0.3, -0.25) is 13.9 Å². The number of rotatable bonds is 12. The van der Waals surface area contributed by atoms with Gasteiger partial charge in [-0.25, -0.2) is 8.42 Å². The first-order valence-electron chi connectivity index (χ1n) is 12.1. The van der Waals surface area contributed by atoms with Crippen LogP contribution in [0.25, 0.3) is 0 Å². The number of para-hydroxylation sites is 2. The van der Waals surface area contributed by atoms with E-state index in [1.807, 2.05) is 6.07 Å². The van der Waals surface area contributed by atoms with Crippen molar-refractivity contribution in [2.45, 2.75) is 31.3 Å². The van der Waals surface area contributed by atoms with E-state index in [-0.39, 0.29) is 28.8 Å². The van der Waals surface area contributed by atoms with Crippen molar-refractivity contribution in [3.05, 3.63) is 84.4 Å². The highest BCUT2D eigenvalue weighted by Gasteiger charge is 2.33. The lowest BCUT2D eigenvalue weighted by atomic mass is 10.1. The number of nitrogens with zero attached hydrogens (tertiary/aromatic N) is 2. The van der Waals surface area contributed by atoms with Crippen molar-refractivity contribution in [1.29, 1.82) is 0 Å². The molecular formula is C28H33N3O6S. The number of benzene rings is 3. The maximum absolute atomic E-state index is 13.9. The van der Waals surface area contributed by atoms with Gasteiger partial charge in [0.05, 0.1) is 24.8 Å². The molecule has 38 heavy (non-hydrogen) atoms. The summed E-state index contributed by atoms with van der Waals surface area (Å²) in [5.74, 6) is -0.0192. The molecule has 1 N–H and O–H groups in total. The minimum atomic E-state index is -4.17. The summed E-state index contributed by atoms with van der Waals surface area (Å²) in [4.78, 5) is 28.1. The molecule has 0 fully saturated rings. The molecule has 0 aliphatic heterocycles. The van der Waals surface area contributed by atoms with Gasteiger partial charge in [0.2, 0.25) is 11.8 Å². The number of anilines is 1. The van der Waals surface area contributed by atoms with Crippen LogP contribution in [0.4, 0.5) is 5.69 Å². The normalized spacial score (nSPS) is 11.8. The number of methoxy groups -OCH3 is 2. The van der Waals surface area contributed by atoms with Crippen molar-refractivity contribution < 1.29 is 27.5 Å². The van der Waals surface area contributed by atoms with Gasteiger partial charge in [0.15, 0.2) is 0 Å². The third-order valence-corrected chi connectivity index (χ3v) is 7.74. The molecule has 1 atom stereocenters. The third-order valence-electron chi connectivity index (χ3n) is 5.97. The first-order valence-corrected chi connectivity index (χ1v) is 13.6. The van der Waals surface area contributed by atoms with E-state index in [0.29, 0.717) is 12.3 Å². The van der Waals surface area contributed by atoms with Crippen molar-refractivity contribution >= 4 is 27.5 Å². The second-order valence-electron chi connectivity index (χ2n) is 8.44. The van der Waals surface area contributed by atoms with Crippen LogP contribution in [0.1, 0.15) is 19.4 Å². The SMILES string of the molecule is CCNC(=O)C(C)N(Cc1cccc(OC)c1)C(=O)CN(c1ccccc1OC)S(=O)(=O)c1ccccc1. The molecule has 9 nitrogen and oxygen atoms in total. The Kier molecular flexibility index (Phi) is 9.72. The Labute approximate surface area is 224 Å². The van der Waals surface area contributed by atoms with Gasteiger partial charge in [-0.05, 0) is 55.8 Å². The van der Waals surface area contributed by atoms with Crippen LogP contribution in [-0.4, -0.2) is 58.5 Å². The van der Waals surface area contributed by atoms with Gasteiger partial charge in [0, 0.05) is 13.1 Å². The number of amides is 2. The van der Waals surface area contributed by atoms with E-state index in [4.69, 9.17) is 9.47 Å². The predicted molar refractivity (Wildman–Crippen MR) is 146 cm³/mol. The Morgan fingerprint density at radius 1 is 0.921 bits per heavy atom. The molecule has 0 aliphatic carbocycles. The highest BCUT2D eigenvalue weighted by molar-refractivity contribution is 7.92. The monoisotopic (exact) mass is 539 g/mol. The molecule has 0 heterocycles. The summed E-state index contributed by atoms with van der Waals surface area (Å²) >= 11 is 0. The largest absolute Gasteiger partial charge is 0.497 e. The topological polar surface area (TPSA) is 105 Å². The average Bonchev–Trinajstić information content (AvgIpc) is 2.94. The standard InChI is InChI=1S/C28H33N3O6S/c1-5-29-28(33)21(2)30(19-22-12-11-13-23(18-22)36-3)27(32)20-31(25-16-9-10-17-26(25)37-4)38(34,35)24-14-7-6-8-15-24/h6-18,21H,5,19-20H2,1-4H3,(H,29,33). The Bertz CT molecular complexity index is 1350. The predicted octanol–water partition coefficient (Wildman–Crippen LogP) is 3.45. The zero-order valence-corrected chi connectivity index (χ0v) is 22.8. The molecule has 202 valence electrons. The first kappa shape index (κ1) is 28.5. The van der Waals surface area contributed by atoms with Crippen LogP contribution in [0.15, 0.2) is 83.8 Å². The molecule has 3 aromatic rings. The molecule has 3 rings (SSSR count). The Morgan fingerprint density at radius 3 is 2.26 bits per heavy atom. The fourth-order valence-electron chi connectivity index (χ4n) is 3.94. The number of hydrogen-bond donors (Lipinski definition) is 1. The molecule has 0 aliphatic rings. The summed E-state index contributed by atoms with van der Waals surface area (Å²) in [6.45, 7) is 3.31. The number of carbonyl (C=O) groups is 2. The van der Waals surface area contributed by atoms with Crippen LogP contribution in [0.5, 0.6) is 11.5 Å². The molecule has 0 radical (unpaired) electrons. The van der Waals surface area contributed by atoms with Gasteiger partial charge in [0.1, 0.15) is 24.1 Å². The van der Waals surface area contributed by atoms with E-state index in [2.05, 4.69) is 5.32 Å². The summed E-state index contributed by atoms with van der Waals surface area (Å²) < 4.78 is 39.4. The van der Waals surface area contributed by atoms with E-state index in [1.165, 1.54) is 24.1 Å². The number of carbonyl (C=O) groups excluding carboxylic acids is 2. The third kappa shape index (κ3) is 6.63. The number of likely N-dealkylation sites (N-methyl/N-ethyl adjacent to an activating group) is 1. The lowest BCUT2D eigenvalue weighted by Gasteiger charge is -2.32. The molecule has 0 saturated heterocycles. The zero-order valence-electron chi connectivity index (χ0n) is 22.0. The quantitative estimate of drug-likeness (QED) is 0.378. The van der Waals surface area contributed by atoms with Crippen molar-refractivity contribution in [2.24, 2.45) is 0 Å². The van der Waals surface area contributed by atoms with Crippen LogP contribution in [-0.2, 0) is 26.2 Å². The van der Waals surface area contributed by atoms with Crippen molar-refractivity contribution in [2.75, 3.05) is 31.6 Å². The molecule has 0 bridgehead atoms. The van der Waals surface area contributed by atoms with E-state index >= 15 is 0 Å². The van der Waals surface area contributed by atoms with E-state index in [1.54, 1.807) is 81.6 Å². The summed E-state index contributed by atoms with van der Waals surface area (Å²) in [5.41, 5.74) is 0.933. The van der Waals surface area contributed by atoms with Gasteiger partial charge in [-0.15, -0.1) is 0 Å². The van der Waals surface area contributed by atoms with Crippen LogP contribution in [0.3, 0.4) is 0 Å². The molecule has 0 saturated carbocycles. The van der Waals surface area contributed by atoms with E-state index < -0.39 is 28.5 Å². The smallest absolute Gasteiger partial charge is 0.264 e.